The third kappa shape index (κ3) is 7.62. The Bertz CT molecular complexity index is 1370. The van der Waals surface area contributed by atoms with Crippen molar-refractivity contribution in [2.45, 2.75) is 36.7 Å². The highest BCUT2D eigenvalue weighted by Gasteiger charge is 2.32. The number of piperidine rings is 1. The lowest BCUT2D eigenvalue weighted by atomic mass is 9.88. The van der Waals surface area contributed by atoms with E-state index in [1.165, 1.54) is 10.5 Å². The fraction of sp³-hybridized carbons (Fsp3) is 0.424. The molecule has 1 amide bonds. The van der Waals surface area contributed by atoms with Crippen LogP contribution < -0.4 is 5.73 Å². The van der Waals surface area contributed by atoms with Crippen LogP contribution in [-0.4, -0.2) is 83.8 Å². The van der Waals surface area contributed by atoms with Crippen LogP contribution in [-0.2, 0) is 17.8 Å². The Morgan fingerprint density at radius 2 is 1.67 bits per heavy atom. The molecule has 2 aliphatic heterocycles. The van der Waals surface area contributed by atoms with E-state index in [1.54, 1.807) is 30.0 Å². The van der Waals surface area contributed by atoms with Crippen molar-refractivity contribution in [3.05, 3.63) is 81.8 Å². The molecule has 2 saturated heterocycles. The van der Waals surface area contributed by atoms with Crippen LogP contribution in [0.15, 0.2) is 65.6 Å². The molecule has 42 heavy (non-hydrogen) atoms. The second kappa shape index (κ2) is 14.5. The van der Waals surface area contributed by atoms with Crippen LogP contribution in [0.1, 0.15) is 24.0 Å². The summed E-state index contributed by atoms with van der Waals surface area (Å²) < 4.78 is 0. The van der Waals surface area contributed by atoms with Crippen molar-refractivity contribution in [2.24, 2.45) is 11.7 Å². The second-order valence-electron chi connectivity index (χ2n) is 11.3. The van der Waals surface area contributed by atoms with Crippen LogP contribution in [0.4, 0.5) is 0 Å². The molecule has 2 heterocycles. The monoisotopic (exact) mass is 626 g/mol. The number of hydrogen-bond acceptors (Lipinski definition) is 6. The van der Waals surface area contributed by atoms with Crippen LogP contribution in [0.3, 0.4) is 0 Å². The van der Waals surface area contributed by atoms with Crippen molar-refractivity contribution < 1.29 is 9.90 Å². The number of aromatic hydroxyl groups is 1. The third-order valence-electron chi connectivity index (χ3n) is 8.70. The highest BCUT2D eigenvalue weighted by atomic mass is 35.5. The van der Waals surface area contributed by atoms with Gasteiger partial charge < -0.3 is 20.6 Å². The maximum atomic E-state index is 13.3. The summed E-state index contributed by atoms with van der Waals surface area (Å²) in [6.07, 6.45) is 4.76. The summed E-state index contributed by atoms with van der Waals surface area (Å²) in [5.74, 6) is 0.485. The van der Waals surface area contributed by atoms with Crippen molar-refractivity contribution >= 4 is 40.9 Å². The molecule has 2 aliphatic rings. The molecular formula is C33H40Cl2N4O2S. The summed E-state index contributed by atoms with van der Waals surface area (Å²) in [6, 6.07) is 18.9. The van der Waals surface area contributed by atoms with Crippen molar-refractivity contribution in [2.75, 3.05) is 52.1 Å². The molecule has 3 aromatic rings. The lowest BCUT2D eigenvalue weighted by Crippen LogP contribution is -2.55. The van der Waals surface area contributed by atoms with Gasteiger partial charge in [0.1, 0.15) is 5.75 Å². The van der Waals surface area contributed by atoms with Gasteiger partial charge in [-0.3, -0.25) is 9.69 Å². The predicted octanol–water partition coefficient (Wildman–Crippen LogP) is 6.01. The molecule has 224 valence electrons. The number of carbonyl (C=O) groups excluding carboxylic acids is 1. The molecule has 0 radical (unpaired) electrons. The fourth-order valence-electron chi connectivity index (χ4n) is 6.18. The minimum Gasteiger partial charge on any atom is -0.508 e. The average Bonchev–Trinajstić information content (AvgIpc) is 3.01. The van der Waals surface area contributed by atoms with E-state index in [0.29, 0.717) is 10.0 Å². The van der Waals surface area contributed by atoms with Gasteiger partial charge in [0, 0.05) is 59.8 Å². The van der Waals surface area contributed by atoms with Gasteiger partial charge in [-0.15, -0.1) is 11.8 Å². The first-order valence-electron chi connectivity index (χ1n) is 14.7. The maximum absolute atomic E-state index is 13.3. The smallest absolute Gasteiger partial charge is 0.239 e. The molecule has 6 nitrogen and oxygen atoms in total. The van der Waals surface area contributed by atoms with Crippen molar-refractivity contribution in [3.63, 3.8) is 0 Å². The molecule has 0 bridgehead atoms. The minimum absolute atomic E-state index is 0.101. The molecule has 0 unspecified atom stereocenters. The largest absolute Gasteiger partial charge is 0.508 e. The number of hydrogen-bond donors (Lipinski definition) is 2. The molecule has 1 atom stereocenters. The number of benzene rings is 3. The third-order valence-corrected chi connectivity index (χ3v) is 10.1. The highest BCUT2D eigenvalue weighted by molar-refractivity contribution is 7.98. The quantitative estimate of drug-likeness (QED) is 0.283. The number of nitrogens with two attached hydrogens (primary N) is 1. The summed E-state index contributed by atoms with van der Waals surface area (Å²) in [4.78, 5) is 21.5. The molecule has 3 aromatic carbocycles. The summed E-state index contributed by atoms with van der Waals surface area (Å²) in [6.45, 7) is 6.84. The van der Waals surface area contributed by atoms with E-state index in [0.717, 1.165) is 88.3 Å². The summed E-state index contributed by atoms with van der Waals surface area (Å²) in [5.41, 5.74) is 10.8. The number of thioether (sulfide) groups is 1. The van der Waals surface area contributed by atoms with Crippen molar-refractivity contribution in [1.82, 2.24) is 14.7 Å². The Balaban J connectivity index is 1.10. The molecule has 0 aliphatic carbocycles. The number of likely N-dealkylation sites (tertiary alicyclic amines) is 1. The highest BCUT2D eigenvalue weighted by Crippen LogP contribution is 2.35. The lowest BCUT2D eigenvalue weighted by Gasteiger charge is -2.39. The minimum atomic E-state index is -0.441. The molecule has 5 rings (SSSR count). The molecule has 3 N–H and O–H groups in total. The number of piperazine rings is 1. The summed E-state index contributed by atoms with van der Waals surface area (Å²) in [5, 5.41) is 11.3. The Hall–Kier alpha value is -2.26. The van der Waals surface area contributed by atoms with Gasteiger partial charge in [0.05, 0.1) is 6.04 Å². The Morgan fingerprint density at radius 1 is 0.929 bits per heavy atom. The van der Waals surface area contributed by atoms with Crippen LogP contribution in [0.25, 0.3) is 11.1 Å². The summed E-state index contributed by atoms with van der Waals surface area (Å²) in [7, 11) is 0. The van der Waals surface area contributed by atoms with E-state index in [9.17, 15) is 9.90 Å². The van der Waals surface area contributed by atoms with Crippen LogP contribution in [0.5, 0.6) is 5.75 Å². The number of halogens is 2. The van der Waals surface area contributed by atoms with Gasteiger partial charge in [-0.1, -0.05) is 47.5 Å². The van der Waals surface area contributed by atoms with Gasteiger partial charge in [0.25, 0.3) is 0 Å². The first-order valence-corrected chi connectivity index (χ1v) is 16.7. The zero-order valence-electron chi connectivity index (χ0n) is 24.1. The number of phenols is 1. The molecule has 0 aromatic heterocycles. The molecule has 0 spiro atoms. The van der Waals surface area contributed by atoms with Gasteiger partial charge in [0.2, 0.25) is 5.91 Å². The van der Waals surface area contributed by atoms with Crippen LogP contribution in [0.2, 0.25) is 10.0 Å². The van der Waals surface area contributed by atoms with E-state index in [4.69, 9.17) is 28.9 Å². The standard InChI is InChI=1S/C33H40Cl2N4O2S/c1-42-31-5-3-2-4-25(31)22-38-16-18-39(19-17-38)33(41)32(36)23-10-13-37(14-11-23)15-12-24-20-26(34)6-8-28(24)29-21-27(40)7-9-30(29)35/h2-9,20-21,23,32,40H,10-19,22,36H2,1H3/t32-/m1/s1. The molecule has 9 heteroatoms. The lowest BCUT2D eigenvalue weighted by molar-refractivity contribution is -0.136. The summed E-state index contributed by atoms with van der Waals surface area (Å²) >= 11 is 14.6. The van der Waals surface area contributed by atoms with Gasteiger partial charge >= 0.3 is 0 Å². The van der Waals surface area contributed by atoms with E-state index in [2.05, 4.69) is 40.3 Å². The Labute approximate surface area is 263 Å². The Kier molecular flexibility index (Phi) is 10.7. The van der Waals surface area contributed by atoms with Crippen LogP contribution >= 0.6 is 35.0 Å². The predicted molar refractivity (Wildman–Crippen MR) is 174 cm³/mol. The SMILES string of the molecule is CSc1ccccc1CN1CCN(C(=O)[C@H](N)C2CCN(CCc3cc(Cl)ccc3-c3cc(O)ccc3Cl)CC2)CC1. The first kappa shape index (κ1) is 31.2. The number of nitrogens with zero attached hydrogens (tertiary/aromatic N) is 3. The first-order chi connectivity index (χ1) is 20.3. The number of phenolic OH excluding ortho intramolecular Hbond substituents is 1. The molecular weight excluding hydrogens is 587 g/mol. The fourth-order valence-corrected chi connectivity index (χ4v) is 7.20. The zero-order chi connectivity index (χ0) is 29.6. The number of rotatable bonds is 9. The van der Waals surface area contributed by atoms with Crippen molar-refractivity contribution in [1.29, 1.82) is 0 Å². The number of carbonyl (C=O) groups is 1. The van der Waals surface area contributed by atoms with Gasteiger partial charge in [0.15, 0.2) is 0 Å². The zero-order valence-corrected chi connectivity index (χ0v) is 26.5. The second-order valence-corrected chi connectivity index (χ2v) is 13.0. The van der Waals surface area contributed by atoms with E-state index >= 15 is 0 Å². The van der Waals surface area contributed by atoms with Gasteiger partial charge in [-0.25, -0.2) is 0 Å². The van der Waals surface area contributed by atoms with Crippen LogP contribution in [0, 0.1) is 5.92 Å². The number of amides is 1. The van der Waals surface area contributed by atoms with Gasteiger partial charge in [-0.05, 0) is 97.6 Å². The molecule has 2 fully saturated rings. The normalized spacial score (nSPS) is 17.9. The Morgan fingerprint density at radius 3 is 2.40 bits per heavy atom. The average molecular weight is 628 g/mol. The van der Waals surface area contributed by atoms with Gasteiger partial charge in [-0.2, -0.15) is 0 Å². The van der Waals surface area contributed by atoms with E-state index in [-0.39, 0.29) is 17.6 Å². The topological polar surface area (TPSA) is 73.0 Å². The maximum Gasteiger partial charge on any atom is 0.239 e. The van der Waals surface area contributed by atoms with E-state index < -0.39 is 6.04 Å². The molecule has 0 saturated carbocycles. The van der Waals surface area contributed by atoms with Crippen molar-refractivity contribution in [3.8, 4) is 16.9 Å². The van der Waals surface area contributed by atoms with E-state index in [1.807, 2.05) is 23.1 Å².